The highest BCUT2D eigenvalue weighted by Gasteiger charge is 2.35. The van der Waals surface area contributed by atoms with Crippen LogP contribution >= 0.6 is 0 Å². The molecule has 120 valence electrons. The van der Waals surface area contributed by atoms with E-state index in [2.05, 4.69) is 13.2 Å². The smallest absolute Gasteiger partial charge is 0.198 e. The van der Waals surface area contributed by atoms with Crippen molar-refractivity contribution in [3.05, 3.63) is 83.5 Å². The van der Waals surface area contributed by atoms with Gasteiger partial charge in [-0.05, 0) is 12.5 Å². The lowest BCUT2D eigenvalue weighted by molar-refractivity contribution is 0.0973. The van der Waals surface area contributed by atoms with Crippen LogP contribution in [-0.4, -0.2) is 23.3 Å². The van der Waals surface area contributed by atoms with Crippen molar-refractivity contribution in [2.75, 3.05) is 6.61 Å². The second kappa shape index (κ2) is 6.16. The highest BCUT2D eigenvalue weighted by molar-refractivity contribution is 6.30. The number of ketones is 2. The number of ether oxygens (including phenoxy) is 1. The van der Waals surface area contributed by atoms with E-state index in [0.29, 0.717) is 17.5 Å². The number of aromatic hydroxyl groups is 1. The molecule has 0 saturated carbocycles. The Bertz CT molecular complexity index is 877. The number of carbonyl (C=O) groups excluding carboxylic acids is 2. The maximum atomic E-state index is 12.9. The summed E-state index contributed by atoms with van der Waals surface area (Å²) in [6.07, 6.45) is 3.52. The van der Waals surface area contributed by atoms with Crippen LogP contribution in [-0.2, 0) is 6.42 Å². The second-order valence-corrected chi connectivity index (χ2v) is 5.43. The van der Waals surface area contributed by atoms with Crippen molar-refractivity contribution in [2.24, 2.45) is 0 Å². The molecule has 2 aromatic rings. The molecule has 0 atom stereocenters. The molecule has 0 bridgehead atoms. The van der Waals surface area contributed by atoms with Crippen molar-refractivity contribution >= 4 is 11.6 Å². The largest absolute Gasteiger partial charge is 0.507 e. The van der Waals surface area contributed by atoms with Gasteiger partial charge in [0.1, 0.15) is 18.1 Å². The number of carbonyl (C=O) groups is 2. The molecular weight excluding hydrogens is 304 g/mol. The number of phenols is 1. The lowest BCUT2D eigenvalue weighted by Gasteiger charge is -2.22. The molecule has 1 N–H and O–H groups in total. The minimum atomic E-state index is -0.382. The van der Waals surface area contributed by atoms with E-state index in [1.807, 2.05) is 0 Å². The van der Waals surface area contributed by atoms with Gasteiger partial charge in [-0.2, -0.15) is 0 Å². The summed E-state index contributed by atoms with van der Waals surface area (Å²) < 4.78 is 5.59. The fourth-order valence-electron chi connectivity index (χ4n) is 2.87. The Morgan fingerprint density at radius 3 is 2.21 bits per heavy atom. The van der Waals surface area contributed by atoms with Crippen LogP contribution in [0.5, 0.6) is 11.5 Å². The Labute approximate surface area is 139 Å². The average molecular weight is 320 g/mol. The monoisotopic (exact) mass is 320 g/mol. The fraction of sp³-hybridized carbons (Fsp3) is 0.100. The van der Waals surface area contributed by atoms with E-state index in [9.17, 15) is 14.7 Å². The molecule has 24 heavy (non-hydrogen) atoms. The number of allylic oxidation sites excluding steroid dienone is 1. The molecule has 0 amide bonds. The third-order valence-electron chi connectivity index (χ3n) is 3.93. The van der Waals surface area contributed by atoms with Gasteiger partial charge in [-0.1, -0.05) is 43.0 Å². The van der Waals surface area contributed by atoms with Crippen LogP contribution in [0.15, 0.2) is 55.6 Å². The maximum Gasteiger partial charge on any atom is 0.198 e. The predicted octanol–water partition coefficient (Wildman–Crippen LogP) is 3.46. The minimum Gasteiger partial charge on any atom is -0.507 e. The van der Waals surface area contributed by atoms with Gasteiger partial charge in [0.2, 0.25) is 0 Å². The first-order valence-corrected chi connectivity index (χ1v) is 7.52. The van der Waals surface area contributed by atoms with Gasteiger partial charge in [0.15, 0.2) is 11.6 Å². The Morgan fingerprint density at radius 1 is 1.00 bits per heavy atom. The highest BCUT2D eigenvalue weighted by Crippen LogP contribution is 2.40. The number of rotatable bonds is 5. The summed E-state index contributed by atoms with van der Waals surface area (Å²) in [4.78, 5) is 25.7. The molecule has 4 heteroatoms. The SMILES string of the molecule is C=CCOc1cc(CC=C)c(O)c2c1C(=O)c1ccccc1C2=O. The van der Waals surface area contributed by atoms with Gasteiger partial charge in [0.25, 0.3) is 0 Å². The molecule has 0 aromatic heterocycles. The number of benzene rings is 2. The van der Waals surface area contributed by atoms with Gasteiger partial charge in [-0.25, -0.2) is 0 Å². The first-order chi connectivity index (χ1) is 11.6. The van der Waals surface area contributed by atoms with E-state index in [1.165, 1.54) is 0 Å². The molecule has 0 spiro atoms. The Morgan fingerprint density at radius 2 is 1.62 bits per heavy atom. The second-order valence-electron chi connectivity index (χ2n) is 5.43. The zero-order valence-electron chi connectivity index (χ0n) is 13.0. The number of fused-ring (bicyclic) bond motifs is 2. The van der Waals surface area contributed by atoms with Crippen molar-refractivity contribution in [3.8, 4) is 11.5 Å². The molecule has 0 fully saturated rings. The van der Waals surface area contributed by atoms with E-state index < -0.39 is 0 Å². The summed E-state index contributed by atoms with van der Waals surface area (Å²) in [5, 5.41) is 10.5. The van der Waals surface area contributed by atoms with E-state index in [1.54, 1.807) is 42.5 Å². The first-order valence-electron chi connectivity index (χ1n) is 7.52. The van der Waals surface area contributed by atoms with Crippen LogP contribution in [0, 0.1) is 0 Å². The van der Waals surface area contributed by atoms with E-state index in [4.69, 9.17) is 4.74 Å². The lowest BCUT2D eigenvalue weighted by Crippen LogP contribution is -2.22. The van der Waals surface area contributed by atoms with E-state index in [-0.39, 0.29) is 46.4 Å². The highest BCUT2D eigenvalue weighted by atomic mass is 16.5. The summed E-state index contributed by atoms with van der Waals surface area (Å²) in [5.41, 5.74) is 1.19. The van der Waals surface area contributed by atoms with Gasteiger partial charge in [-0.15, -0.1) is 6.58 Å². The van der Waals surface area contributed by atoms with Crippen molar-refractivity contribution in [1.29, 1.82) is 0 Å². The minimum absolute atomic E-state index is 0.00267. The molecule has 0 saturated heterocycles. The van der Waals surface area contributed by atoms with Gasteiger partial charge in [-0.3, -0.25) is 9.59 Å². The standard InChI is InChI=1S/C20H16O4/c1-3-7-12-11-15(24-10-4-2)16-17(18(12)21)20(23)14-9-6-5-8-13(14)19(16)22/h3-6,8-9,11,21H,1-2,7,10H2. The normalized spacial score (nSPS) is 12.3. The van der Waals surface area contributed by atoms with Crippen molar-refractivity contribution < 1.29 is 19.4 Å². The Hall–Kier alpha value is -3.14. The molecule has 0 radical (unpaired) electrons. The molecule has 4 nitrogen and oxygen atoms in total. The molecule has 3 rings (SSSR count). The molecule has 1 aliphatic rings. The lowest BCUT2D eigenvalue weighted by atomic mass is 9.82. The van der Waals surface area contributed by atoms with E-state index in [0.717, 1.165) is 0 Å². The van der Waals surface area contributed by atoms with E-state index >= 15 is 0 Å². The summed E-state index contributed by atoms with van der Waals surface area (Å²) >= 11 is 0. The first kappa shape index (κ1) is 15.7. The molecule has 0 heterocycles. The summed E-state index contributed by atoms with van der Waals surface area (Å²) in [7, 11) is 0. The van der Waals surface area contributed by atoms with Crippen LogP contribution in [0.2, 0.25) is 0 Å². The third kappa shape index (κ3) is 2.33. The van der Waals surface area contributed by atoms with Gasteiger partial charge in [0.05, 0.1) is 11.1 Å². The zero-order valence-corrected chi connectivity index (χ0v) is 13.0. The Balaban J connectivity index is 2.30. The predicted molar refractivity (Wildman–Crippen MR) is 91.0 cm³/mol. The van der Waals surface area contributed by atoms with Gasteiger partial charge in [0, 0.05) is 16.7 Å². The van der Waals surface area contributed by atoms with Crippen molar-refractivity contribution in [2.45, 2.75) is 6.42 Å². The average Bonchev–Trinajstić information content (AvgIpc) is 2.60. The topological polar surface area (TPSA) is 63.6 Å². The maximum absolute atomic E-state index is 12.9. The fourth-order valence-corrected chi connectivity index (χ4v) is 2.87. The quantitative estimate of drug-likeness (QED) is 0.731. The van der Waals surface area contributed by atoms with Crippen molar-refractivity contribution in [1.82, 2.24) is 0 Å². The van der Waals surface area contributed by atoms with Gasteiger partial charge >= 0.3 is 0 Å². The molecule has 0 aliphatic heterocycles. The van der Waals surface area contributed by atoms with Crippen LogP contribution in [0.3, 0.4) is 0 Å². The zero-order chi connectivity index (χ0) is 17.3. The van der Waals surface area contributed by atoms with Crippen molar-refractivity contribution in [3.63, 3.8) is 0 Å². The Kier molecular flexibility index (Phi) is 4.04. The molecule has 0 unspecified atom stereocenters. The third-order valence-corrected chi connectivity index (χ3v) is 3.93. The molecule has 2 aromatic carbocycles. The summed E-state index contributed by atoms with van der Waals surface area (Å²) in [5.74, 6) is -0.636. The summed E-state index contributed by atoms with van der Waals surface area (Å²) in [6.45, 7) is 7.43. The number of hydrogen-bond acceptors (Lipinski definition) is 4. The molecule has 1 aliphatic carbocycles. The van der Waals surface area contributed by atoms with Crippen LogP contribution in [0.4, 0.5) is 0 Å². The molecular formula is C20H16O4. The summed E-state index contributed by atoms with van der Waals surface area (Å²) in [6, 6.07) is 8.16. The van der Waals surface area contributed by atoms with Crippen LogP contribution in [0.1, 0.15) is 37.4 Å². The van der Waals surface area contributed by atoms with Crippen LogP contribution in [0.25, 0.3) is 0 Å². The number of phenolic OH excluding ortho intramolecular Hbond substituents is 1. The van der Waals surface area contributed by atoms with Crippen LogP contribution < -0.4 is 4.74 Å². The number of hydrogen-bond donors (Lipinski definition) is 1. The van der Waals surface area contributed by atoms with Gasteiger partial charge < -0.3 is 9.84 Å².